The van der Waals surface area contributed by atoms with E-state index < -0.39 is 0 Å². The van der Waals surface area contributed by atoms with Gasteiger partial charge in [0.25, 0.3) is 0 Å². The van der Waals surface area contributed by atoms with Gasteiger partial charge in [0.1, 0.15) is 0 Å². The summed E-state index contributed by atoms with van der Waals surface area (Å²) in [6, 6.07) is 3.86. The van der Waals surface area contributed by atoms with Crippen LogP contribution < -0.4 is 5.32 Å². The summed E-state index contributed by atoms with van der Waals surface area (Å²) in [4.78, 5) is 27.0. The Bertz CT molecular complexity index is 444. The maximum Gasteiger partial charge on any atom is 0.225 e. The average molecular weight is 280 g/mol. The van der Waals surface area contributed by atoms with E-state index >= 15 is 0 Å². The van der Waals surface area contributed by atoms with Gasteiger partial charge in [0.05, 0.1) is 12.0 Å². The summed E-state index contributed by atoms with van der Waals surface area (Å²) in [7, 11) is 1.80. The molecule has 0 bridgehead atoms. The van der Waals surface area contributed by atoms with E-state index in [0.717, 1.165) is 11.3 Å². The zero-order valence-corrected chi connectivity index (χ0v) is 12.2. The van der Waals surface area contributed by atoms with E-state index in [0.29, 0.717) is 19.4 Å². The molecule has 0 saturated carbocycles. The van der Waals surface area contributed by atoms with Crippen LogP contribution in [0.3, 0.4) is 0 Å². The van der Waals surface area contributed by atoms with E-state index in [1.54, 1.807) is 23.3 Å². The van der Waals surface area contributed by atoms with E-state index in [1.165, 1.54) is 0 Å². The lowest BCUT2D eigenvalue weighted by atomic mass is 9.87. The highest BCUT2D eigenvalue weighted by molar-refractivity contribution is 7.10. The van der Waals surface area contributed by atoms with Crippen LogP contribution in [0.25, 0.3) is 0 Å². The van der Waals surface area contributed by atoms with Gasteiger partial charge in [-0.25, -0.2) is 0 Å². The van der Waals surface area contributed by atoms with Crippen LogP contribution in [0.5, 0.6) is 0 Å². The third-order valence-corrected chi connectivity index (χ3v) is 4.52. The fourth-order valence-corrected chi connectivity index (χ4v) is 3.47. The predicted octanol–water partition coefficient (Wildman–Crippen LogP) is 2.18. The highest BCUT2D eigenvalue weighted by Gasteiger charge is 2.39. The fraction of sp³-hybridized carbons (Fsp3) is 0.571. The lowest BCUT2D eigenvalue weighted by Gasteiger charge is -2.37. The van der Waals surface area contributed by atoms with Crippen LogP contribution >= 0.6 is 11.3 Å². The minimum Gasteiger partial charge on any atom is -0.356 e. The summed E-state index contributed by atoms with van der Waals surface area (Å²) in [6.07, 6.45) is 2.03. The van der Waals surface area contributed by atoms with Crippen LogP contribution in [0.15, 0.2) is 17.5 Å². The Hall–Kier alpha value is -1.36. The first-order chi connectivity index (χ1) is 9.15. The molecule has 0 unspecified atom stereocenters. The van der Waals surface area contributed by atoms with Gasteiger partial charge in [-0.3, -0.25) is 9.59 Å². The number of hydrogen-bond donors (Lipinski definition) is 1. The first-order valence-electron chi connectivity index (χ1n) is 6.72. The molecule has 2 rings (SSSR count). The fourth-order valence-electron chi connectivity index (χ4n) is 2.54. The Morgan fingerprint density at radius 2 is 2.37 bits per heavy atom. The van der Waals surface area contributed by atoms with Gasteiger partial charge >= 0.3 is 0 Å². The van der Waals surface area contributed by atoms with Gasteiger partial charge in [-0.15, -0.1) is 11.3 Å². The molecule has 0 aliphatic carbocycles. The van der Waals surface area contributed by atoms with Crippen LogP contribution in [0.1, 0.15) is 37.1 Å². The van der Waals surface area contributed by atoms with Gasteiger partial charge < -0.3 is 10.2 Å². The molecular formula is C14H20N2O2S. The van der Waals surface area contributed by atoms with Gasteiger partial charge in [0.2, 0.25) is 11.8 Å². The van der Waals surface area contributed by atoms with Gasteiger partial charge in [0, 0.05) is 24.9 Å². The quantitative estimate of drug-likeness (QED) is 0.919. The second-order valence-corrected chi connectivity index (χ2v) is 5.88. The second-order valence-electron chi connectivity index (χ2n) is 4.90. The third kappa shape index (κ3) is 2.97. The molecule has 1 aliphatic heterocycles. The van der Waals surface area contributed by atoms with Crippen molar-refractivity contribution in [3.8, 4) is 0 Å². The molecule has 4 nitrogen and oxygen atoms in total. The van der Waals surface area contributed by atoms with Crippen molar-refractivity contribution in [2.24, 2.45) is 5.92 Å². The Labute approximate surface area is 117 Å². The van der Waals surface area contributed by atoms with Crippen molar-refractivity contribution >= 4 is 23.2 Å². The Morgan fingerprint density at radius 3 is 3.00 bits per heavy atom. The van der Waals surface area contributed by atoms with Gasteiger partial charge in [-0.2, -0.15) is 0 Å². The molecule has 0 aromatic carbocycles. The summed E-state index contributed by atoms with van der Waals surface area (Å²) in [5.41, 5.74) is 0. The van der Waals surface area contributed by atoms with Crippen LogP contribution in [0, 0.1) is 5.92 Å². The molecule has 1 saturated heterocycles. The zero-order chi connectivity index (χ0) is 13.8. The smallest absolute Gasteiger partial charge is 0.225 e. The number of amides is 2. The van der Waals surface area contributed by atoms with E-state index in [4.69, 9.17) is 0 Å². The maximum atomic E-state index is 12.3. The molecule has 2 amide bonds. The molecule has 0 radical (unpaired) electrons. The standard InChI is InChI=1S/C14H20N2O2S/c1-3-8-15-14(18)10-6-7-12(17)16(2)13(10)11-5-4-9-19-11/h4-5,9-10,13H,3,6-8H2,1-2H3,(H,15,18)/t10-,13-/m1/s1. The summed E-state index contributed by atoms with van der Waals surface area (Å²) in [5.74, 6) is 0.0606. The number of thiophene rings is 1. The van der Waals surface area contributed by atoms with Crippen molar-refractivity contribution in [1.82, 2.24) is 10.2 Å². The minimum absolute atomic E-state index is 0.0691. The second kappa shape index (κ2) is 6.19. The molecule has 1 fully saturated rings. The zero-order valence-electron chi connectivity index (χ0n) is 11.4. The lowest BCUT2D eigenvalue weighted by molar-refractivity contribution is -0.141. The topological polar surface area (TPSA) is 49.4 Å². The number of hydrogen-bond acceptors (Lipinski definition) is 3. The molecule has 1 aliphatic rings. The summed E-state index contributed by atoms with van der Waals surface area (Å²) in [6.45, 7) is 2.73. The molecular weight excluding hydrogens is 260 g/mol. The Morgan fingerprint density at radius 1 is 1.58 bits per heavy atom. The number of carbonyl (C=O) groups excluding carboxylic acids is 2. The Balaban J connectivity index is 2.20. The molecule has 5 heteroatoms. The van der Waals surface area contributed by atoms with Crippen LogP contribution in [-0.4, -0.2) is 30.3 Å². The number of rotatable bonds is 4. The predicted molar refractivity (Wildman–Crippen MR) is 75.9 cm³/mol. The van der Waals surface area contributed by atoms with Gasteiger partial charge in [0.15, 0.2) is 0 Å². The molecule has 19 heavy (non-hydrogen) atoms. The highest BCUT2D eigenvalue weighted by atomic mass is 32.1. The van der Waals surface area contributed by atoms with Gasteiger partial charge in [-0.1, -0.05) is 13.0 Å². The number of carbonyl (C=O) groups is 2. The number of nitrogens with one attached hydrogen (secondary N) is 1. The van der Waals surface area contributed by atoms with Crippen LogP contribution in [0.4, 0.5) is 0 Å². The Kier molecular flexibility index (Phi) is 4.58. The highest BCUT2D eigenvalue weighted by Crippen LogP contribution is 2.37. The SMILES string of the molecule is CCCNC(=O)[C@@H]1CCC(=O)N(C)[C@H]1c1cccs1. The van der Waals surface area contributed by atoms with Gasteiger partial charge in [-0.05, 0) is 24.3 Å². The maximum absolute atomic E-state index is 12.3. The van der Waals surface area contributed by atoms with E-state index in [2.05, 4.69) is 5.32 Å². The van der Waals surface area contributed by atoms with Crippen molar-refractivity contribution in [2.45, 2.75) is 32.2 Å². The van der Waals surface area contributed by atoms with Crippen molar-refractivity contribution in [2.75, 3.05) is 13.6 Å². The molecule has 0 spiro atoms. The summed E-state index contributed by atoms with van der Waals surface area (Å²) >= 11 is 1.61. The molecule has 1 aromatic rings. The monoisotopic (exact) mass is 280 g/mol. The number of likely N-dealkylation sites (tertiary alicyclic amines) is 1. The third-order valence-electron chi connectivity index (χ3n) is 3.58. The molecule has 1 aromatic heterocycles. The molecule has 1 N–H and O–H groups in total. The molecule has 2 heterocycles. The van der Waals surface area contributed by atoms with Crippen molar-refractivity contribution < 1.29 is 9.59 Å². The van der Waals surface area contributed by atoms with Crippen molar-refractivity contribution in [3.05, 3.63) is 22.4 Å². The first kappa shape index (κ1) is 14.1. The van der Waals surface area contributed by atoms with E-state index in [-0.39, 0.29) is 23.8 Å². The molecule has 2 atom stereocenters. The largest absolute Gasteiger partial charge is 0.356 e. The van der Waals surface area contributed by atoms with Crippen LogP contribution in [-0.2, 0) is 9.59 Å². The lowest BCUT2D eigenvalue weighted by Crippen LogP contribution is -2.46. The van der Waals surface area contributed by atoms with E-state index in [9.17, 15) is 9.59 Å². The van der Waals surface area contributed by atoms with E-state index in [1.807, 2.05) is 24.4 Å². The average Bonchev–Trinajstić information content (AvgIpc) is 2.92. The van der Waals surface area contributed by atoms with Crippen molar-refractivity contribution in [1.29, 1.82) is 0 Å². The normalized spacial score (nSPS) is 23.5. The van der Waals surface area contributed by atoms with Crippen LogP contribution in [0.2, 0.25) is 0 Å². The molecule has 104 valence electrons. The minimum atomic E-state index is -0.132. The number of nitrogens with zero attached hydrogens (tertiary/aromatic N) is 1. The number of piperidine rings is 1. The summed E-state index contributed by atoms with van der Waals surface area (Å²) in [5, 5.41) is 4.95. The summed E-state index contributed by atoms with van der Waals surface area (Å²) < 4.78 is 0. The van der Waals surface area contributed by atoms with Crippen molar-refractivity contribution in [3.63, 3.8) is 0 Å². The first-order valence-corrected chi connectivity index (χ1v) is 7.60.